The Bertz CT molecular complexity index is 1250. The first kappa shape index (κ1) is 30.0. The number of carbonyl (C=O) groups is 1. The van der Waals surface area contributed by atoms with Crippen LogP contribution in [0.25, 0.3) is 5.57 Å². The quantitative estimate of drug-likeness (QED) is 0.397. The number of piperidine rings is 1. The zero-order valence-corrected chi connectivity index (χ0v) is 24.8. The van der Waals surface area contributed by atoms with Gasteiger partial charge in [0.05, 0.1) is 18.6 Å². The highest BCUT2D eigenvalue weighted by Gasteiger charge is 2.48. The van der Waals surface area contributed by atoms with Gasteiger partial charge in [-0.3, -0.25) is 9.63 Å². The zero-order chi connectivity index (χ0) is 29.5. The van der Waals surface area contributed by atoms with Gasteiger partial charge in [0.2, 0.25) is 17.6 Å². The average Bonchev–Trinajstić information content (AvgIpc) is 3.43. The van der Waals surface area contributed by atoms with E-state index < -0.39 is 12.0 Å². The number of likely N-dealkylation sites (tertiary alicyclic amines) is 1. The molecule has 0 radical (unpaired) electrons. The van der Waals surface area contributed by atoms with Gasteiger partial charge in [-0.25, -0.2) is 9.97 Å². The van der Waals surface area contributed by atoms with E-state index in [9.17, 15) is 15.0 Å². The van der Waals surface area contributed by atoms with Crippen molar-refractivity contribution < 1.29 is 29.7 Å². The molecule has 2 atom stereocenters. The number of anilines is 1. The molecule has 2 saturated heterocycles. The minimum Gasteiger partial charge on any atom is -0.854 e. The molecule has 3 heterocycles. The number of ether oxygens (including phenoxy) is 1. The summed E-state index contributed by atoms with van der Waals surface area (Å²) in [6.45, 7) is 4.37. The van der Waals surface area contributed by atoms with Crippen LogP contribution in [-0.4, -0.2) is 84.7 Å². The van der Waals surface area contributed by atoms with Crippen molar-refractivity contribution >= 4 is 23.1 Å². The van der Waals surface area contributed by atoms with Crippen molar-refractivity contribution in [3.63, 3.8) is 0 Å². The van der Waals surface area contributed by atoms with Crippen molar-refractivity contribution in [2.24, 2.45) is 17.3 Å². The van der Waals surface area contributed by atoms with Crippen LogP contribution >= 0.6 is 0 Å². The second-order valence-corrected chi connectivity index (χ2v) is 11.8. The van der Waals surface area contributed by atoms with Gasteiger partial charge in [0.15, 0.2) is 0 Å². The van der Waals surface area contributed by atoms with Crippen LogP contribution in [0.2, 0.25) is 0 Å². The molecule has 0 bridgehead atoms. The summed E-state index contributed by atoms with van der Waals surface area (Å²) in [7, 11) is 1.46. The van der Waals surface area contributed by atoms with Crippen LogP contribution in [0.3, 0.4) is 0 Å². The van der Waals surface area contributed by atoms with E-state index in [-0.39, 0.29) is 31.5 Å². The molecule has 10 heteroatoms. The number of amides is 1. The van der Waals surface area contributed by atoms with E-state index in [2.05, 4.69) is 45.2 Å². The molecule has 0 saturated carbocycles. The smallest absolute Gasteiger partial charge is 0.229 e. The summed E-state index contributed by atoms with van der Waals surface area (Å²) in [5.41, 5.74) is 3.13. The number of carbonyl (C=O) groups excluding carboxylic acids is 1. The molecule has 2 aromatic rings. The summed E-state index contributed by atoms with van der Waals surface area (Å²) in [5.74, 6) is 2.11. The third-order valence-electron chi connectivity index (χ3n) is 9.07. The maximum Gasteiger partial charge on any atom is 0.229 e. The van der Waals surface area contributed by atoms with Crippen LogP contribution in [0.15, 0.2) is 42.7 Å². The third kappa shape index (κ3) is 6.60. The molecule has 1 aliphatic carbocycles. The molecule has 42 heavy (non-hydrogen) atoms. The number of allylic oxidation sites excluding steroid dienone is 2. The number of benzene rings is 1. The summed E-state index contributed by atoms with van der Waals surface area (Å²) in [4.78, 5) is 31.3. The summed E-state index contributed by atoms with van der Waals surface area (Å²) in [6, 6.07) is 8.28. The maximum absolute atomic E-state index is 13.3. The van der Waals surface area contributed by atoms with Crippen LogP contribution in [0.1, 0.15) is 50.2 Å². The number of hydrogen-bond acceptors (Lipinski definition) is 8. The van der Waals surface area contributed by atoms with Gasteiger partial charge in [0, 0.05) is 37.9 Å². The van der Waals surface area contributed by atoms with Crippen molar-refractivity contribution in [3.8, 4) is 5.75 Å². The zero-order valence-electron chi connectivity index (χ0n) is 24.8. The van der Waals surface area contributed by atoms with E-state index in [4.69, 9.17) is 9.57 Å². The van der Waals surface area contributed by atoms with Crippen molar-refractivity contribution in [1.82, 2.24) is 14.9 Å². The number of aliphatic hydroxyl groups excluding tert-OH is 1. The van der Waals surface area contributed by atoms with E-state index in [1.54, 1.807) is 4.90 Å². The fraction of sp³-hybridized carbons (Fsp3) is 0.562. The molecule has 1 aromatic heterocycles. The average molecular weight is 578 g/mol. The Labute approximate surface area is 248 Å². The topological polar surface area (TPSA) is 125 Å². The van der Waals surface area contributed by atoms with E-state index in [0.717, 1.165) is 68.0 Å². The molecular formula is C32H43N5O5. The Morgan fingerprint density at radius 1 is 1.17 bits per heavy atom. The normalized spacial score (nSPS) is 24.1. The largest absolute Gasteiger partial charge is 0.854 e. The third-order valence-corrected chi connectivity index (χ3v) is 9.07. The van der Waals surface area contributed by atoms with Gasteiger partial charge in [-0.1, -0.05) is 25.1 Å². The van der Waals surface area contributed by atoms with Gasteiger partial charge in [-0.15, -0.1) is 6.61 Å². The first-order valence-electron chi connectivity index (χ1n) is 15.1. The number of nitrogens with zero attached hydrogens (tertiary/aromatic N) is 4. The Kier molecular flexibility index (Phi) is 9.74. The van der Waals surface area contributed by atoms with Crippen LogP contribution in [0, 0.1) is 17.3 Å². The first-order chi connectivity index (χ1) is 20.5. The number of aromatic nitrogens is 2. The molecule has 2 N–H and O–H groups in total. The fourth-order valence-corrected chi connectivity index (χ4v) is 6.17. The SMILES string of the molecule is CCc1cnc(N2CCC(COc3ccc(C4=CCC(C(=O)N5C/C(=[NH+]\OC)C(C[O-])(CO)C5)CC4)cc3)CC2)nc1. The Morgan fingerprint density at radius 2 is 1.90 bits per heavy atom. The number of aryl methyl sites for hydroxylation is 1. The molecule has 3 aliphatic rings. The molecule has 2 unspecified atom stereocenters. The number of hydrogen-bond donors (Lipinski definition) is 2. The molecule has 1 aromatic carbocycles. The standard InChI is InChI=1S/C32H42N5O5/c1-3-23-16-33-31(34-17-23)36-14-12-24(13-15-36)19-42-28-10-8-26(9-11-28)25-4-6-27(7-5-25)30(40)37-18-29(35-41-2)32(20-37,21-38)22-39/h4,8-11,16-17,24,27,38H,3,5-7,12-15,18-22H2,1-2H3/q-1/p+1/b35-29+. The van der Waals surface area contributed by atoms with Gasteiger partial charge in [0.1, 0.15) is 19.4 Å². The van der Waals surface area contributed by atoms with Crippen molar-refractivity contribution in [2.75, 3.05) is 58.0 Å². The molecule has 226 valence electrons. The monoisotopic (exact) mass is 577 g/mol. The van der Waals surface area contributed by atoms with E-state index in [1.807, 2.05) is 24.5 Å². The van der Waals surface area contributed by atoms with Crippen molar-refractivity contribution in [1.29, 1.82) is 0 Å². The molecule has 1 amide bonds. The van der Waals surface area contributed by atoms with Gasteiger partial charge >= 0.3 is 0 Å². The lowest BCUT2D eigenvalue weighted by Gasteiger charge is -2.31. The molecule has 2 fully saturated rings. The van der Waals surface area contributed by atoms with Crippen LogP contribution < -0.4 is 19.9 Å². The van der Waals surface area contributed by atoms with Crippen molar-refractivity contribution in [2.45, 2.75) is 45.4 Å². The maximum atomic E-state index is 13.3. The molecule has 0 spiro atoms. The minimum atomic E-state index is -1.00. The molecule has 2 aliphatic heterocycles. The lowest BCUT2D eigenvalue weighted by molar-refractivity contribution is -0.747. The van der Waals surface area contributed by atoms with Crippen LogP contribution in [0.4, 0.5) is 5.95 Å². The van der Waals surface area contributed by atoms with Crippen LogP contribution in [-0.2, 0) is 16.1 Å². The van der Waals surface area contributed by atoms with Gasteiger partial charge in [-0.2, -0.15) is 0 Å². The molecule has 5 rings (SSSR count). The van der Waals surface area contributed by atoms with E-state index in [0.29, 0.717) is 24.7 Å². The summed E-state index contributed by atoms with van der Waals surface area (Å²) >= 11 is 0. The van der Waals surface area contributed by atoms with Gasteiger partial charge in [-0.05, 0) is 78.4 Å². The first-order valence-corrected chi connectivity index (χ1v) is 15.1. The summed E-state index contributed by atoms with van der Waals surface area (Å²) < 4.78 is 6.15. The van der Waals surface area contributed by atoms with E-state index >= 15 is 0 Å². The highest BCUT2D eigenvalue weighted by molar-refractivity contribution is 5.95. The number of nitrogens with one attached hydrogen (secondary N) is 1. The summed E-state index contributed by atoms with van der Waals surface area (Å²) in [5, 5.41) is 24.5. The van der Waals surface area contributed by atoms with Crippen molar-refractivity contribution in [3.05, 3.63) is 53.9 Å². The van der Waals surface area contributed by atoms with E-state index in [1.165, 1.54) is 12.7 Å². The Hall–Kier alpha value is -3.50. The highest BCUT2D eigenvalue weighted by atomic mass is 16.6. The fourth-order valence-electron chi connectivity index (χ4n) is 6.17. The summed E-state index contributed by atoms with van der Waals surface area (Å²) in [6.07, 6.45) is 11.3. The number of rotatable bonds is 10. The predicted molar refractivity (Wildman–Crippen MR) is 158 cm³/mol. The Morgan fingerprint density at radius 3 is 2.50 bits per heavy atom. The highest BCUT2D eigenvalue weighted by Crippen LogP contribution is 2.34. The second-order valence-electron chi connectivity index (χ2n) is 11.8. The minimum absolute atomic E-state index is 0.0287. The molecular weight excluding hydrogens is 534 g/mol. The second kappa shape index (κ2) is 13.6. The molecule has 10 nitrogen and oxygen atoms in total. The predicted octanol–water partition coefficient (Wildman–Crippen LogP) is 0.782. The van der Waals surface area contributed by atoms with Crippen LogP contribution in [0.5, 0.6) is 5.75 Å². The lowest BCUT2D eigenvalue weighted by Crippen LogP contribution is -2.76. The van der Waals surface area contributed by atoms with Gasteiger partial charge in [0.25, 0.3) is 0 Å². The Balaban J connectivity index is 1.08. The number of aliphatic hydroxyl groups is 1. The van der Waals surface area contributed by atoms with Gasteiger partial charge < -0.3 is 24.7 Å². The lowest BCUT2D eigenvalue weighted by atomic mass is 9.85.